The zero-order valence-corrected chi connectivity index (χ0v) is 9.45. The second-order valence-electron chi connectivity index (χ2n) is 3.28. The molecule has 0 saturated carbocycles. The van der Waals surface area contributed by atoms with Gasteiger partial charge in [0.05, 0.1) is 11.9 Å². The van der Waals surface area contributed by atoms with Crippen molar-refractivity contribution in [2.75, 3.05) is 6.61 Å². The largest absolute Gasteiger partial charge is 0.475 e. The number of thioether (sulfide) groups is 1. The van der Waals surface area contributed by atoms with Crippen molar-refractivity contribution >= 4 is 17.7 Å². The average Bonchev–Trinajstić information content (AvgIpc) is 2.66. The van der Waals surface area contributed by atoms with Crippen molar-refractivity contribution in [3.8, 4) is 0 Å². The van der Waals surface area contributed by atoms with Crippen LogP contribution in [0.4, 0.5) is 0 Å². The molecule has 1 aromatic heterocycles. The van der Waals surface area contributed by atoms with Crippen LogP contribution in [0.2, 0.25) is 0 Å². The third-order valence-corrected chi connectivity index (χ3v) is 3.19. The first-order chi connectivity index (χ1) is 7.04. The quantitative estimate of drug-likeness (QED) is 0.811. The SMILES string of the molecule is CC(CO)SC(C)c1ccc(C(=O)O)o1. The number of rotatable bonds is 5. The molecular formula is C10H14O4S. The van der Waals surface area contributed by atoms with Gasteiger partial charge in [-0.1, -0.05) is 6.92 Å². The molecule has 2 unspecified atom stereocenters. The summed E-state index contributed by atoms with van der Waals surface area (Å²) in [5.74, 6) is -0.486. The molecule has 2 N–H and O–H groups in total. The molecule has 0 spiro atoms. The minimum atomic E-state index is -1.06. The summed E-state index contributed by atoms with van der Waals surface area (Å²) < 4.78 is 5.15. The van der Waals surface area contributed by atoms with E-state index >= 15 is 0 Å². The normalized spacial score (nSPS) is 14.9. The van der Waals surface area contributed by atoms with Crippen LogP contribution in [-0.4, -0.2) is 28.0 Å². The van der Waals surface area contributed by atoms with Crippen LogP contribution in [0.1, 0.15) is 35.4 Å². The highest BCUT2D eigenvalue weighted by Crippen LogP contribution is 2.32. The molecule has 0 fully saturated rings. The Kier molecular flexibility index (Phi) is 4.23. The fraction of sp³-hybridized carbons (Fsp3) is 0.500. The Bertz CT molecular complexity index is 334. The number of hydrogen-bond donors (Lipinski definition) is 2. The van der Waals surface area contributed by atoms with Crippen LogP contribution in [0.3, 0.4) is 0 Å². The Morgan fingerprint density at radius 2 is 2.20 bits per heavy atom. The van der Waals surface area contributed by atoms with E-state index < -0.39 is 5.97 Å². The van der Waals surface area contributed by atoms with Gasteiger partial charge in [0.1, 0.15) is 5.76 Å². The number of aliphatic hydroxyl groups is 1. The molecule has 0 radical (unpaired) electrons. The van der Waals surface area contributed by atoms with Gasteiger partial charge >= 0.3 is 5.97 Å². The molecule has 0 aliphatic rings. The second-order valence-corrected chi connectivity index (χ2v) is 5.06. The molecule has 1 aromatic rings. The molecule has 5 heteroatoms. The second kappa shape index (κ2) is 5.23. The lowest BCUT2D eigenvalue weighted by Gasteiger charge is -2.12. The van der Waals surface area contributed by atoms with Crippen molar-refractivity contribution in [3.05, 3.63) is 23.7 Å². The summed E-state index contributed by atoms with van der Waals surface area (Å²) in [4.78, 5) is 10.6. The van der Waals surface area contributed by atoms with Crippen LogP contribution in [0.25, 0.3) is 0 Å². The fourth-order valence-corrected chi connectivity index (χ4v) is 2.19. The fourth-order valence-electron chi connectivity index (χ4n) is 1.14. The maximum atomic E-state index is 10.6. The van der Waals surface area contributed by atoms with E-state index in [-0.39, 0.29) is 22.9 Å². The van der Waals surface area contributed by atoms with Crippen molar-refractivity contribution < 1.29 is 19.4 Å². The van der Waals surface area contributed by atoms with Gasteiger partial charge in [0.15, 0.2) is 0 Å². The summed E-state index contributed by atoms with van der Waals surface area (Å²) in [5, 5.41) is 17.7. The summed E-state index contributed by atoms with van der Waals surface area (Å²) in [6, 6.07) is 3.10. The molecule has 0 aliphatic carbocycles. The molecule has 0 aliphatic heterocycles. The van der Waals surface area contributed by atoms with Crippen molar-refractivity contribution in [1.29, 1.82) is 0 Å². The van der Waals surface area contributed by atoms with Crippen LogP contribution < -0.4 is 0 Å². The third kappa shape index (κ3) is 3.28. The van der Waals surface area contributed by atoms with Crippen molar-refractivity contribution in [2.24, 2.45) is 0 Å². The van der Waals surface area contributed by atoms with E-state index in [1.807, 2.05) is 13.8 Å². The lowest BCUT2D eigenvalue weighted by atomic mass is 10.3. The first-order valence-corrected chi connectivity index (χ1v) is 5.58. The van der Waals surface area contributed by atoms with Crippen LogP contribution >= 0.6 is 11.8 Å². The van der Waals surface area contributed by atoms with E-state index in [0.717, 1.165) is 0 Å². The summed E-state index contributed by atoms with van der Waals surface area (Å²) in [5.41, 5.74) is 0. The van der Waals surface area contributed by atoms with E-state index in [4.69, 9.17) is 14.6 Å². The third-order valence-electron chi connectivity index (χ3n) is 1.93. The minimum absolute atomic E-state index is 0.0419. The van der Waals surface area contributed by atoms with Gasteiger partial charge in [-0.25, -0.2) is 4.79 Å². The number of carbonyl (C=O) groups is 1. The summed E-state index contributed by atoms with van der Waals surface area (Å²) in [7, 11) is 0. The highest BCUT2D eigenvalue weighted by atomic mass is 32.2. The van der Waals surface area contributed by atoms with Crippen LogP contribution in [-0.2, 0) is 0 Å². The highest BCUT2D eigenvalue weighted by Gasteiger charge is 2.16. The summed E-state index contributed by atoms with van der Waals surface area (Å²) in [6.45, 7) is 3.92. The standard InChI is InChI=1S/C10H14O4S/c1-6(5-11)15-7(2)8-3-4-9(14-8)10(12)13/h3-4,6-7,11H,5H2,1-2H3,(H,12,13). The summed E-state index contributed by atoms with van der Waals surface area (Å²) in [6.07, 6.45) is 0. The van der Waals surface area contributed by atoms with E-state index in [1.54, 1.807) is 17.8 Å². The van der Waals surface area contributed by atoms with Gasteiger partial charge in [-0.3, -0.25) is 0 Å². The zero-order chi connectivity index (χ0) is 11.4. The van der Waals surface area contributed by atoms with Gasteiger partial charge in [-0.05, 0) is 19.1 Å². The predicted molar refractivity (Wildman–Crippen MR) is 58.2 cm³/mol. The lowest BCUT2D eigenvalue weighted by Crippen LogP contribution is -2.04. The predicted octanol–water partition coefficient (Wildman–Crippen LogP) is 2.15. The topological polar surface area (TPSA) is 70.7 Å². The number of hydrogen-bond acceptors (Lipinski definition) is 4. The molecule has 0 bridgehead atoms. The number of carboxylic acid groups (broad SMARTS) is 1. The van der Waals surface area contributed by atoms with Crippen LogP contribution in [0, 0.1) is 0 Å². The van der Waals surface area contributed by atoms with Gasteiger partial charge in [0, 0.05) is 5.25 Å². The van der Waals surface area contributed by atoms with Crippen molar-refractivity contribution in [3.63, 3.8) is 0 Å². The monoisotopic (exact) mass is 230 g/mol. The molecule has 0 amide bonds. The molecule has 1 rings (SSSR count). The zero-order valence-electron chi connectivity index (χ0n) is 8.64. The highest BCUT2D eigenvalue weighted by molar-refractivity contribution is 8.00. The Labute approximate surface area is 92.3 Å². The molecule has 1 heterocycles. The van der Waals surface area contributed by atoms with Crippen LogP contribution in [0.15, 0.2) is 16.5 Å². The van der Waals surface area contributed by atoms with E-state index in [0.29, 0.717) is 5.76 Å². The van der Waals surface area contributed by atoms with Gasteiger partial charge < -0.3 is 14.6 Å². The lowest BCUT2D eigenvalue weighted by molar-refractivity contribution is 0.0660. The van der Waals surface area contributed by atoms with Crippen molar-refractivity contribution in [2.45, 2.75) is 24.3 Å². The number of aromatic carboxylic acids is 1. The van der Waals surface area contributed by atoms with Crippen molar-refractivity contribution in [1.82, 2.24) is 0 Å². The Morgan fingerprint density at radius 1 is 1.53 bits per heavy atom. The molecule has 2 atom stereocenters. The van der Waals surface area contributed by atoms with Gasteiger partial charge in [0.25, 0.3) is 0 Å². The van der Waals surface area contributed by atoms with Gasteiger partial charge in [0.2, 0.25) is 5.76 Å². The maximum absolute atomic E-state index is 10.6. The van der Waals surface area contributed by atoms with Crippen LogP contribution in [0.5, 0.6) is 0 Å². The molecule has 84 valence electrons. The Balaban J connectivity index is 2.65. The molecule has 4 nitrogen and oxygen atoms in total. The number of furan rings is 1. The number of aliphatic hydroxyl groups excluding tert-OH is 1. The minimum Gasteiger partial charge on any atom is -0.475 e. The Hall–Kier alpha value is -0.940. The van der Waals surface area contributed by atoms with E-state index in [9.17, 15) is 4.79 Å². The van der Waals surface area contributed by atoms with Gasteiger partial charge in [-0.15, -0.1) is 11.8 Å². The molecular weight excluding hydrogens is 216 g/mol. The average molecular weight is 230 g/mol. The van der Waals surface area contributed by atoms with E-state index in [2.05, 4.69) is 0 Å². The first kappa shape index (κ1) is 12.1. The van der Waals surface area contributed by atoms with E-state index in [1.165, 1.54) is 6.07 Å². The number of carboxylic acids is 1. The molecule has 15 heavy (non-hydrogen) atoms. The molecule has 0 saturated heterocycles. The first-order valence-electron chi connectivity index (χ1n) is 4.64. The molecule has 0 aromatic carbocycles. The van der Waals surface area contributed by atoms with Gasteiger partial charge in [-0.2, -0.15) is 0 Å². The smallest absolute Gasteiger partial charge is 0.371 e. The Morgan fingerprint density at radius 3 is 2.67 bits per heavy atom. The summed E-state index contributed by atoms with van der Waals surface area (Å²) >= 11 is 1.54. The maximum Gasteiger partial charge on any atom is 0.371 e.